The Balaban J connectivity index is 1.75. The van der Waals surface area contributed by atoms with Gasteiger partial charge in [0.1, 0.15) is 6.54 Å². The van der Waals surface area contributed by atoms with Crippen LogP contribution in [0.2, 0.25) is 0 Å². The number of carbonyl (C=O) groups excluding carboxylic acids is 2. The van der Waals surface area contributed by atoms with Gasteiger partial charge in [0.25, 0.3) is 11.8 Å². The lowest BCUT2D eigenvalue weighted by atomic mass is 10.2. The maximum absolute atomic E-state index is 12.5. The van der Waals surface area contributed by atoms with E-state index in [2.05, 4.69) is 10.4 Å². The number of morpholine rings is 1. The van der Waals surface area contributed by atoms with Crippen molar-refractivity contribution in [3.05, 3.63) is 30.3 Å². The summed E-state index contributed by atoms with van der Waals surface area (Å²) in [7, 11) is 0. The fourth-order valence-electron chi connectivity index (χ4n) is 2.47. The maximum atomic E-state index is 12.5. The second kappa shape index (κ2) is 6.15. The van der Waals surface area contributed by atoms with E-state index in [0.717, 1.165) is 0 Å². The number of amides is 2. The molecular formula is C15H18N4O3. The average molecular weight is 302 g/mol. The van der Waals surface area contributed by atoms with E-state index in [-0.39, 0.29) is 30.3 Å². The number of hydrogen-bond donors (Lipinski definition) is 1. The summed E-state index contributed by atoms with van der Waals surface area (Å²) in [4.78, 5) is 30.3. The highest BCUT2D eigenvalue weighted by Gasteiger charge is 2.30. The van der Waals surface area contributed by atoms with Crippen LogP contribution in [-0.4, -0.2) is 54.9 Å². The summed E-state index contributed by atoms with van der Waals surface area (Å²) >= 11 is 0. The minimum Gasteiger partial charge on any atom is -0.375 e. The van der Waals surface area contributed by atoms with E-state index in [1.807, 2.05) is 25.1 Å². The molecule has 2 aliphatic heterocycles. The highest BCUT2D eigenvalue weighted by Crippen LogP contribution is 2.14. The zero-order valence-corrected chi connectivity index (χ0v) is 12.4. The highest BCUT2D eigenvalue weighted by atomic mass is 16.5. The number of aliphatic imine (C=N–C) groups is 1. The zero-order chi connectivity index (χ0) is 15.5. The molecule has 1 aromatic carbocycles. The monoisotopic (exact) mass is 302 g/mol. The number of nitrogens with one attached hydrogen (secondary N) is 1. The molecule has 0 unspecified atom stereocenters. The van der Waals surface area contributed by atoms with Crippen LogP contribution < -0.4 is 10.4 Å². The Bertz CT molecular complexity index is 602. The van der Waals surface area contributed by atoms with Gasteiger partial charge in [0.05, 0.1) is 18.4 Å². The smallest absolute Gasteiger partial charge is 0.290 e. The molecule has 116 valence electrons. The number of anilines is 1. The number of benzene rings is 1. The predicted octanol–water partition coefficient (Wildman–Crippen LogP) is 0.184. The summed E-state index contributed by atoms with van der Waals surface area (Å²) in [6.45, 7) is 3.46. The number of nitrogens with zero attached hydrogens (tertiary/aromatic N) is 3. The Morgan fingerprint density at radius 1 is 1.36 bits per heavy atom. The van der Waals surface area contributed by atoms with Gasteiger partial charge in [0.2, 0.25) is 5.84 Å². The first-order chi connectivity index (χ1) is 10.6. The number of hydrogen-bond acceptors (Lipinski definition) is 5. The molecule has 1 N–H and O–H groups in total. The summed E-state index contributed by atoms with van der Waals surface area (Å²) in [5.74, 6) is -0.209. The van der Waals surface area contributed by atoms with Gasteiger partial charge in [0, 0.05) is 13.1 Å². The fourth-order valence-corrected chi connectivity index (χ4v) is 2.47. The normalized spacial score (nSPS) is 22.1. The molecule has 1 aromatic rings. The second-order valence-corrected chi connectivity index (χ2v) is 5.27. The van der Waals surface area contributed by atoms with Gasteiger partial charge in [0.15, 0.2) is 0 Å². The first-order valence-corrected chi connectivity index (χ1v) is 7.25. The molecule has 3 rings (SSSR count). The third-order valence-electron chi connectivity index (χ3n) is 3.58. The van der Waals surface area contributed by atoms with Crippen LogP contribution in [0.15, 0.2) is 35.3 Å². The van der Waals surface area contributed by atoms with E-state index in [1.54, 1.807) is 17.0 Å². The number of amidine groups is 1. The van der Waals surface area contributed by atoms with Crippen molar-refractivity contribution in [2.24, 2.45) is 4.99 Å². The second-order valence-electron chi connectivity index (χ2n) is 5.27. The van der Waals surface area contributed by atoms with Crippen LogP contribution in [0.3, 0.4) is 0 Å². The van der Waals surface area contributed by atoms with Gasteiger partial charge in [-0.05, 0) is 19.1 Å². The lowest BCUT2D eigenvalue weighted by Gasteiger charge is -2.34. The van der Waals surface area contributed by atoms with Gasteiger partial charge in [-0.3, -0.25) is 20.0 Å². The van der Waals surface area contributed by atoms with E-state index in [9.17, 15) is 9.59 Å². The van der Waals surface area contributed by atoms with Crippen LogP contribution >= 0.6 is 0 Å². The Hall–Kier alpha value is -2.41. The largest absolute Gasteiger partial charge is 0.375 e. The molecule has 2 amide bonds. The van der Waals surface area contributed by atoms with Gasteiger partial charge >= 0.3 is 0 Å². The third kappa shape index (κ3) is 2.94. The molecule has 7 heteroatoms. The van der Waals surface area contributed by atoms with Gasteiger partial charge in [-0.2, -0.15) is 0 Å². The molecule has 1 fully saturated rings. The van der Waals surface area contributed by atoms with Crippen LogP contribution in [-0.2, 0) is 14.3 Å². The molecule has 22 heavy (non-hydrogen) atoms. The van der Waals surface area contributed by atoms with Crippen molar-refractivity contribution in [1.82, 2.24) is 10.3 Å². The first-order valence-electron chi connectivity index (χ1n) is 7.25. The average Bonchev–Trinajstić information content (AvgIpc) is 2.55. The van der Waals surface area contributed by atoms with Gasteiger partial charge in [-0.15, -0.1) is 0 Å². The molecular weight excluding hydrogens is 284 g/mol. The van der Waals surface area contributed by atoms with Gasteiger partial charge < -0.3 is 9.64 Å². The molecule has 0 radical (unpaired) electrons. The molecule has 0 bridgehead atoms. The number of rotatable bonds is 2. The minimum absolute atomic E-state index is 0.00810. The molecule has 2 heterocycles. The Morgan fingerprint density at radius 2 is 2.14 bits per heavy atom. The molecule has 0 aromatic heterocycles. The lowest BCUT2D eigenvalue weighted by molar-refractivity contribution is -0.131. The van der Waals surface area contributed by atoms with Crippen molar-refractivity contribution in [3.63, 3.8) is 0 Å². The number of para-hydroxylation sites is 1. The SMILES string of the molecule is C[C@H]1CN(C(=O)C2=NCC(=O)N(c3ccccc3)N2)CCO1. The maximum Gasteiger partial charge on any atom is 0.290 e. The topological polar surface area (TPSA) is 74.2 Å². The fraction of sp³-hybridized carbons (Fsp3) is 0.400. The molecule has 0 saturated carbocycles. The summed E-state index contributed by atoms with van der Waals surface area (Å²) in [6, 6.07) is 9.14. The summed E-state index contributed by atoms with van der Waals surface area (Å²) in [5.41, 5.74) is 3.52. The van der Waals surface area contributed by atoms with Crippen molar-refractivity contribution in [2.75, 3.05) is 31.3 Å². The van der Waals surface area contributed by atoms with E-state index >= 15 is 0 Å². The summed E-state index contributed by atoms with van der Waals surface area (Å²) < 4.78 is 5.43. The molecule has 7 nitrogen and oxygen atoms in total. The molecule has 1 saturated heterocycles. The van der Waals surface area contributed by atoms with E-state index < -0.39 is 0 Å². The summed E-state index contributed by atoms with van der Waals surface area (Å²) in [5, 5.41) is 1.37. The Kier molecular flexibility index (Phi) is 4.06. The Labute approximate surface area is 128 Å². The van der Waals surface area contributed by atoms with E-state index in [0.29, 0.717) is 25.4 Å². The number of ether oxygens (including phenoxy) is 1. The van der Waals surface area contributed by atoms with Crippen LogP contribution in [0, 0.1) is 0 Å². The van der Waals surface area contributed by atoms with Crippen molar-refractivity contribution in [2.45, 2.75) is 13.0 Å². The quantitative estimate of drug-likeness (QED) is 0.846. The standard InChI is InChI=1S/C15H18N4O3/c1-11-10-18(7-8-22-11)15(21)14-16-9-13(20)19(17-14)12-5-3-2-4-6-12/h2-6,11H,7-10H2,1H3,(H,16,17)/t11-/m0/s1. The van der Waals surface area contributed by atoms with E-state index in [4.69, 9.17) is 4.74 Å². The van der Waals surface area contributed by atoms with Crippen molar-refractivity contribution < 1.29 is 14.3 Å². The number of carbonyl (C=O) groups is 2. The van der Waals surface area contributed by atoms with Crippen molar-refractivity contribution in [1.29, 1.82) is 0 Å². The molecule has 0 spiro atoms. The van der Waals surface area contributed by atoms with Crippen LogP contribution in [0.25, 0.3) is 0 Å². The minimum atomic E-state index is -0.205. The van der Waals surface area contributed by atoms with Crippen molar-refractivity contribution in [3.8, 4) is 0 Å². The summed E-state index contributed by atoms with van der Waals surface area (Å²) in [6.07, 6.45) is 0.00810. The van der Waals surface area contributed by atoms with Crippen LogP contribution in [0.4, 0.5) is 5.69 Å². The van der Waals surface area contributed by atoms with Crippen LogP contribution in [0.1, 0.15) is 6.92 Å². The lowest BCUT2D eigenvalue weighted by Crippen LogP contribution is -2.58. The Morgan fingerprint density at radius 3 is 2.86 bits per heavy atom. The van der Waals surface area contributed by atoms with E-state index in [1.165, 1.54) is 5.01 Å². The molecule has 2 aliphatic rings. The third-order valence-corrected chi connectivity index (χ3v) is 3.58. The van der Waals surface area contributed by atoms with Crippen molar-refractivity contribution >= 4 is 23.3 Å². The first kappa shape index (κ1) is 14.5. The van der Waals surface area contributed by atoms with Gasteiger partial charge in [-0.1, -0.05) is 18.2 Å². The predicted molar refractivity (Wildman–Crippen MR) is 81.4 cm³/mol. The zero-order valence-electron chi connectivity index (χ0n) is 12.4. The molecule has 1 atom stereocenters. The molecule has 0 aliphatic carbocycles. The van der Waals surface area contributed by atoms with Crippen LogP contribution in [0.5, 0.6) is 0 Å². The van der Waals surface area contributed by atoms with Gasteiger partial charge in [-0.25, -0.2) is 5.01 Å². The highest BCUT2D eigenvalue weighted by molar-refractivity contribution is 6.39. The number of hydrazine groups is 1.